The van der Waals surface area contributed by atoms with Crippen molar-refractivity contribution in [3.63, 3.8) is 0 Å². The molecule has 0 saturated carbocycles. The molecule has 2 saturated heterocycles. The van der Waals surface area contributed by atoms with Gasteiger partial charge < -0.3 is 20.0 Å². The fourth-order valence-corrected chi connectivity index (χ4v) is 3.72. The highest BCUT2D eigenvalue weighted by atomic mass is 16.3. The first-order valence-electron chi connectivity index (χ1n) is 9.50. The topological polar surface area (TPSA) is 122 Å². The van der Waals surface area contributed by atoms with E-state index in [0.29, 0.717) is 12.8 Å². The first-order valence-corrected chi connectivity index (χ1v) is 9.50. The van der Waals surface area contributed by atoms with E-state index in [9.17, 15) is 19.2 Å². The molecule has 0 atom stereocenters. The molecule has 2 aliphatic rings. The number of urea groups is 2. The molecule has 2 heterocycles. The summed E-state index contributed by atoms with van der Waals surface area (Å²) in [7, 11) is 0. The Bertz CT molecular complexity index is 606. The van der Waals surface area contributed by atoms with Crippen LogP contribution in [0, 0.1) is 0 Å². The summed E-state index contributed by atoms with van der Waals surface area (Å²) in [6.45, 7) is 6.65. The largest absolute Gasteiger partial charge is 0.395 e. The van der Waals surface area contributed by atoms with Gasteiger partial charge in [-0.05, 0) is 40.5 Å². The van der Waals surface area contributed by atoms with Crippen molar-refractivity contribution in [2.45, 2.75) is 51.6 Å². The molecule has 2 rings (SSSR count). The van der Waals surface area contributed by atoms with Crippen molar-refractivity contribution in [2.75, 3.05) is 39.4 Å². The summed E-state index contributed by atoms with van der Waals surface area (Å²) in [6.07, 6.45) is 0.885. The number of rotatable bonds is 9. The van der Waals surface area contributed by atoms with E-state index in [2.05, 4.69) is 0 Å². The minimum atomic E-state index is -1.00. The van der Waals surface area contributed by atoms with Crippen molar-refractivity contribution in [2.24, 2.45) is 0 Å². The van der Waals surface area contributed by atoms with E-state index < -0.39 is 23.1 Å². The Morgan fingerprint density at radius 3 is 1.25 bits per heavy atom. The fourth-order valence-electron chi connectivity index (χ4n) is 3.72. The SMILES string of the molecule is CC1(C)C(=O)N(CCCCN2C(=O)N(CCO)C(C)(C)C2=O)C(=O)N1CCO. The molecule has 2 fully saturated rings. The van der Waals surface area contributed by atoms with Gasteiger partial charge in [0.1, 0.15) is 11.1 Å². The van der Waals surface area contributed by atoms with E-state index >= 15 is 0 Å². The van der Waals surface area contributed by atoms with Crippen LogP contribution in [-0.2, 0) is 9.59 Å². The minimum Gasteiger partial charge on any atom is -0.395 e. The Hall–Kier alpha value is -2.20. The predicted octanol–water partition coefficient (Wildman–Crippen LogP) is -0.163. The summed E-state index contributed by atoms with van der Waals surface area (Å²) in [5, 5.41) is 18.2. The van der Waals surface area contributed by atoms with Crippen molar-refractivity contribution >= 4 is 23.9 Å². The summed E-state index contributed by atoms with van der Waals surface area (Å²) in [6, 6.07) is -0.875. The van der Waals surface area contributed by atoms with Gasteiger partial charge in [-0.3, -0.25) is 19.4 Å². The molecule has 0 radical (unpaired) electrons. The first kappa shape index (κ1) is 22.1. The third kappa shape index (κ3) is 3.58. The van der Waals surface area contributed by atoms with Gasteiger partial charge in [0.05, 0.1) is 13.2 Å². The van der Waals surface area contributed by atoms with Crippen LogP contribution in [0.1, 0.15) is 40.5 Å². The van der Waals surface area contributed by atoms with Crippen LogP contribution in [0.2, 0.25) is 0 Å². The van der Waals surface area contributed by atoms with E-state index in [1.54, 1.807) is 27.7 Å². The van der Waals surface area contributed by atoms with Crippen molar-refractivity contribution in [1.82, 2.24) is 19.6 Å². The number of nitrogens with zero attached hydrogens (tertiary/aromatic N) is 4. The van der Waals surface area contributed by atoms with Gasteiger partial charge >= 0.3 is 12.1 Å². The molecule has 0 aromatic rings. The van der Waals surface area contributed by atoms with E-state index in [4.69, 9.17) is 10.2 Å². The molecule has 2 aliphatic heterocycles. The second-order valence-electron chi connectivity index (χ2n) is 8.05. The van der Waals surface area contributed by atoms with Crippen LogP contribution in [-0.4, -0.2) is 104 Å². The zero-order chi connectivity index (χ0) is 21.3. The molecule has 0 aromatic heterocycles. The molecule has 0 aromatic carbocycles. The number of aliphatic hydroxyl groups excluding tert-OH is 2. The van der Waals surface area contributed by atoms with Gasteiger partial charge in [0, 0.05) is 26.2 Å². The summed E-state index contributed by atoms with van der Waals surface area (Å²) in [5.74, 6) is -0.649. The summed E-state index contributed by atoms with van der Waals surface area (Å²) < 4.78 is 0. The third-order valence-corrected chi connectivity index (χ3v) is 5.47. The van der Waals surface area contributed by atoms with Crippen molar-refractivity contribution in [3.05, 3.63) is 0 Å². The highest BCUT2D eigenvalue weighted by Gasteiger charge is 2.51. The lowest BCUT2D eigenvalue weighted by molar-refractivity contribution is -0.133. The van der Waals surface area contributed by atoms with Crippen LogP contribution in [0.15, 0.2) is 0 Å². The number of hydrogen-bond donors (Lipinski definition) is 2. The minimum absolute atomic E-state index is 0.0840. The molecule has 0 unspecified atom stereocenters. The van der Waals surface area contributed by atoms with Gasteiger partial charge in [-0.15, -0.1) is 0 Å². The van der Waals surface area contributed by atoms with E-state index in [1.165, 1.54) is 9.80 Å². The quantitative estimate of drug-likeness (QED) is 0.411. The lowest BCUT2D eigenvalue weighted by Crippen LogP contribution is -2.45. The second-order valence-corrected chi connectivity index (χ2v) is 8.05. The molecule has 0 bridgehead atoms. The number of carbonyl (C=O) groups is 4. The fraction of sp³-hybridized carbons (Fsp3) is 0.778. The number of imide groups is 2. The second kappa shape index (κ2) is 8.04. The Morgan fingerprint density at radius 1 is 0.643 bits per heavy atom. The number of aliphatic hydroxyl groups is 2. The number of carbonyl (C=O) groups excluding carboxylic acids is 4. The van der Waals surface area contributed by atoms with Gasteiger partial charge in [0.2, 0.25) is 0 Å². The molecule has 10 nitrogen and oxygen atoms in total. The lowest BCUT2D eigenvalue weighted by atomic mass is 10.0. The third-order valence-electron chi connectivity index (χ3n) is 5.47. The predicted molar refractivity (Wildman–Crippen MR) is 99.2 cm³/mol. The standard InChI is InChI=1S/C18H30N4O6/c1-17(2)13(25)19(15(27)21(17)9-11-23)7-5-6-8-20-14(26)18(3,4)22(10-12-24)16(20)28/h23-24H,5-12H2,1-4H3. The van der Waals surface area contributed by atoms with E-state index in [0.717, 1.165) is 9.80 Å². The monoisotopic (exact) mass is 398 g/mol. The lowest BCUT2D eigenvalue weighted by Gasteiger charge is -2.26. The Kier molecular flexibility index (Phi) is 6.34. The summed E-state index contributed by atoms with van der Waals surface area (Å²) in [5.41, 5.74) is -2.01. The summed E-state index contributed by atoms with van der Waals surface area (Å²) >= 11 is 0. The Labute approximate surface area is 164 Å². The van der Waals surface area contributed by atoms with Crippen molar-refractivity contribution in [1.29, 1.82) is 0 Å². The Morgan fingerprint density at radius 2 is 0.964 bits per heavy atom. The van der Waals surface area contributed by atoms with Crippen LogP contribution in [0.4, 0.5) is 9.59 Å². The van der Waals surface area contributed by atoms with Gasteiger partial charge in [0.15, 0.2) is 0 Å². The maximum Gasteiger partial charge on any atom is 0.327 e. The molecule has 2 N–H and O–H groups in total. The molecular weight excluding hydrogens is 368 g/mol. The van der Waals surface area contributed by atoms with Crippen LogP contribution in [0.3, 0.4) is 0 Å². The zero-order valence-electron chi connectivity index (χ0n) is 17.0. The summed E-state index contributed by atoms with van der Waals surface area (Å²) in [4.78, 5) is 54.9. The van der Waals surface area contributed by atoms with Crippen molar-refractivity contribution < 1.29 is 29.4 Å². The average molecular weight is 398 g/mol. The maximum absolute atomic E-state index is 12.5. The van der Waals surface area contributed by atoms with Crippen LogP contribution in [0.25, 0.3) is 0 Å². The average Bonchev–Trinajstić information content (AvgIpc) is 2.89. The van der Waals surface area contributed by atoms with Crippen molar-refractivity contribution in [3.8, 4) is 0 Å². The molecule has 0 aliphatic carbocycles. The molecule has 0 spiro atoms. The van der Waals surface area contributed by atoms with Gasteiger partial charge in [-0.25, -0.2) is 9.59 Å². The molecule has 10 heteroatoms. The van der Waals surface area contributed by atoms with Crippen LogP contribution < -0.4 is 0 Å². The van der Waals surface area contributed by atoms with E-state index in [1.807, 2.05) is 0 Å². The molecule has 28 heavy (non-hydrogen) atoms. The van der Waals surface area contributed by atoms with Gasteiger partial charge in [0.25, 0.3) is 11.8 Å². The normalized spacial score (nSPS) is 21.5. The highest BCUT2D eigenvalue weighted by molar-refractivity contribution is 6.07. The molecule has 6 amide bonds. The molecular formula is C18H30N4O6. The Balaban J connectivity index is 1.92. The highest BCUT2D eigenvalue weighted by Crippen LogP contribution is 2.29. The maximum atomic E-state index is 12.5. The number of hydrogen-bond acceptors (Lipinski definition) is 6. The van der Waals surface area contributed by atoms with Crippen LogP contribution >= 0.6 is 0 Å². The number of β-amino-alcohol motifs (C(OH)–C–C–N with tert-alkyl or cyclic N) is 2. The van der Waals surface area contributed by atoms with Crippen LogP contribution in [0.5, 0.6) is 0 Å². The number of unbranched alkanes of at least 4 members (excludes halogenated alkanes) is 1. The van der Waals surface area contributed by atoms with Gasteiger partial charge in [-0.1, -0.05) is 0 Å². The zero-order valence-corrected chi connectivity index (χ0v) is 17.0. The molecule has 158 valence electrons. The number of amides is 6. The first-order chi connectivity index (χ1) is 13.0. The van der Waals surface area contributed by atoms with E-state index in [-0.39, 0.29) is 51.2 Å². The smallest absolute Gasteiger partial charge is 0.327 e. The van der Waals surface area contributed by atoms with Gasteiger partial charge in [-0.2, -0.15) is 0 Å².